The number of hydrogen-bond donors (Lipinski definition) is 0. The van der Waals surface area contributed by atoms with E-state index in [1.54, 1.807) is 0 Å². The molecule has 1 rings (SSSR count). The first-order chi connectivity index (χ1) is 8.38. The zero-order valence-corrected chi connectivity index (χ0v) is 10.8. The van der Waals surface area contributed by atoms with E-state index in [1.807, 2.05) is 13.8 Å². The molecule has 0 aliphatic heterocycles. The smallest absolute Gasteiger partial charge is 0.271 e. The van der Waals surface area contributed by atoms with Gasteiger partial charge in [-0.25, -0.2) is 0 Å². The number of carbonyl (C=O) groups is 1. The fraction of sp³-hybridized carbons (Fsp3) is 0.417. The molecule has 1 aromatic rings. The Morgan fingerprint density at radius 2 is 2.06 bits per heavy atom. The molecule has 0 aromatic heterocycles. The molecule has 0 aliphatic rings. The summed E-state index contributed by atoms with van der Waals surface area (Å²) >= 11 is 0. The van der Waals surface area contributed by atoms with Gasteiger partial charge in [0.1, 0.15) is 5.75 Å². The average molecular weight is 252 g/mol. The number of carbonyl (C=O) groups excluding carboxylic acids is 1. The Hall–Kier alpha value is -2.11. The Balaban J connectivity index is 3.38. The van der Waals surface area contributed by atoms with Crippen LogP contribution in [0.3, 0.4) is 0 Å². The number of anilines is 1. The van der Waals surface area contributed by atoms with E-state index in [4.69, 9.17) is 4.74 Å². The van der Waals surface area contributed by atoms with Crippen molar-refractivity contribution in [2.45, 2.75) is 26.8 Å². The third kappa shape index (κ3) is 2.77. The lowest BCUT2D eigenvalue weighted by Gasteiger charge is -2.26. The number of hydrogen-bond acceptors (Lipinski definition) is 4. The van der Waals surface area contributed by atoms with Crippen molar-refractivity contribution in [3.8, 4) is 5.75 Å². The fourth-order valence-corrected chi connectivity index (χ4v) is 1.79. The Morgan fingerprint density at radius 1 is 1.44 bits per heavy atom. The highest BCUT2D eigenvalue weighted by Crippen LogP contribution is 2.33. The maximum atomic E-state index is 11.6. The van der Waals surface area contributed by atoms with Gasteiger partial charge in [0.2, 0.25) is 5.91 Å². The van der Waals surface area contributed by atoms with Crippen molar-refractivity contribution in [3.05, 3.63) is 28.3 Å². The summed E-state index contributed by atoms with van der Waals surface area (Å²) < 4.78 is 5.14. The van der Waals surface area contributed by atoms with Crippen molar-refractivity contribution < 1.29 is 14.5 Å². The summed E-state index contributed by atoms with van der Waals surface area (Å²) in [4.78, 5) is 23.4. The van der Waals surface area contributed by atoms with Crippen molar-refractivity contribution in [3.63, 3.8) is 0 Å². The molecule has 6 nitrogen and oxygen atoms in total. The third-order valence-electron chi connectivity index (χ3n) is 2.49. The van der Waals surface area contributed by atoms with Crippen LogP contribution in [0.1, 0.15) is 20.8 Å². The number of nitro benzene ring substituents is 1. The van der Waals surface area contributed by atoms with Gasteiger partial charge in [0.15, 0.2) is 0 Å². The first-order valence-corrected chi connectivity index (χ1v) is 5.50. The molecule has 0 unspecified atom stereocenters. The van der Waals surface area contributed by atoms with Crippen LogP contribution in [0, 0.1) is 10.1 Å². The van der Waals surface area contributed by atoms with Crippen LogP contribution in [0.25, 0.3) is 0 Å². The number of nitrogens with zero attached hydrogens (tertiary/aromatic N) is 2. The Morgan fingerprint density at radius 3 is 2.44 bits per heavy atom. The van der Waals surface area contributed by atoms with Crippen LogP contribution in [0.5, 0.6) is 5.75 Å². The summed E-state index contributed by atoms with van der Waals surface area (Å²) in [5.74, 6) is 0.244. The first kappa shape index (κ1) is 14.0. The average Bonchev–Trinajstić information content (AvgIpc) is 2.27. The summed E-state index contributed by atoms with van der Waals surface area (Å²) in [6.45, 7) is 5.08. The summed E-state index contributed by atoms with van der Waals surface area (Å²) in [6.07, 6.45) is 0. The monoisotopic (exact) mass is 252 g/mol. The molecule has 0 atom stereocenters. The Bertz CT molecular complexity index is 471. The highest BCUT2D eigenvalue weighted by Gasteiger charge is 2.22. The molecule has 0 spiro atoms. The van der Waals surface area contributed by atoms with Gasteiger partial charge in [0, 0.05) is 25.1 Å². The van der Waals surface area contributed by atoms with Gasteiger partial charge in [0.05, 0.1) is 17.7 Å². The van der Waals surface area contributed by atoms with E-state index in [2.05, 4.69) is 0 Å². The minimum Gasteiger partial charge on any atom is -0.495 e. The molecule has 1 amide bonds. The summed E-state index contributed by atoms with van der Waals surface area (Å²) in [5.41, 5.74) is 0.340. The molecule has 98 valence electrons. The maximum absolute atomic E-state index is 11.6. The number of amides is 1. The van der Waals surface area contributed by atoms with Gasteiger partial charge in [-0.2, -0.15) is 0 Å². The number of rotatable bonds is 4. The number of methoxy groups -OCH3 is 1. The van der Waals surface area contributed by atoms with Gasteiger partial charge in [0.25, 0.3) is 5.69 Å². The van der Waals surface area contributed by atoms with Crippen LogP contribution >= 0.6 is 0 Å². The van der Waals surface area contributed by atoms with E-state index >= 15 is 0 Å². The Kier molecular flexibility index (Phi) is 4.25. The minimum atomic E-state index is -0.498. The Labute approximate surface area is 105 Å². The normalized spacial score (nSPS) is 10.3. The molecule has 6 heteroatoms. The lowest BCUT2D eigenvalue weighted by molar-refractivity contribution is -0.384. The number of ether oxygens (including phenoxy) is 1. The second kappa shape index (κ2) is 5.48. The number of nitro groups is 1. The van der Waals surface area contributed by atoms with Crippen molar-refractivity contribution >= 4 is 17.3 Å². The molecule has 0 aliphatic carbocycles. The van der Waals surface area contributed by atoms with Crippen molar-refractivity contribution in [1.29, 1.82) is 0 Å². The molecule has 0 heterocycles. The van der Waals surface area contributed by atoms with E-state index in [0.717, 1.165) is 0 Å². The second-order valence-corrected chi connectivity index (χ2v) is 4.10. The SMILES string of the molecule is COc1ccc([N+](=O)[O-])cc1N(C(C)=O)C(C)C. The molecular weight excluding hydrogens is 236 g/mol. The molecule has 0 saturated carbocycles. The van der Waals surface area contributed by atoms with Crippen molar-refractivity contribution in [1.82, 2.24) is 0 Å². The van der Waals surface area contributed by atoms with Crippen molar-refractivity contribution in [2.75, 3.05) is 12.0 Å². The van der Waals surface area contributed by atoms with Crippen LogP contribution in [-0.2, 0) is 4.79 Å². The largest absolute Gasteiger partial charge is 0.495 e. The van der Waals surface area contributed by atoms with Gasteiger partial charge in [-0.05, 0) is 19.9 Å². The number of non-ortho nitro benzene ring substituents is 1. The molecule has 1 aromatic carbocycles. The van der Waals surface area contributed by atoms with Gasteiger partial charge in [-0.1, -0.05) is 0 Å². The molecule has 0 N–H and O–H groups in total. The van der Waals surface area contributed by atoms with Crippen LogP contribution < -0.4 is 9.64 Å². The van der Waals surface area contributed by atoms with Gasteiger partial charge in [-0.3, -0.25) is 14.9 Å². The van der Waals surface area contributed by atoms with Crippen molar-refractivity contribution in [2.24, 2.45) is 0 Å². The second-order valence-electron chi connectivity index (χ2n) is 4.10. The van der Waals surface area contributed by atoms with E-state index in [1.165, 1.54) is 37.1 Å². The topological polar surface area (TPSA) is 72.7 Å². The summed E-state index contributed by atoms with van der Waals surface area (Å²) in [5, 5.41) is 10.8. The zero-order chi connectivity index (χ0) is 13.9. The van der Waals surface area contributed by atoms with E-state index in [0.29, 0.717) is 11.4 Å². The van der Waals surface area contributed by atoms with E-state index in [-0.39, 0.29) is 17.6 Å². The first-order valence-electron chi connectivity index (χ1n) is 5.50. The maximum Gasteiger partial charge on any atom is 0.271 e. The fourth-order valence-electron chi connectivity index (χ4n) is 1.79. The van der Waals surface area contributed by atoms with Crippen LogP contribution in [0.4, 0.5) is 11.4 Å². The van der Waals surface area contributed by atoms with E-state index < -0.39 is 4.92 Å². The summed E-state index contributed by atoms with van der Waals surface area (Å²) in [7, 11) is 1.46. The predicted molar refractivity (Wildman–Crippen MR) is 67.9 cm³/mol. The molecular formula is C12H16N2O4. The van der Waals surface area contributed by atoms with E-state index in [9.17, 15) is 14.9 Å². The molecule has 0 radical (unpaired) electrons. The molecule has 0 fully saturated rings. The van der Waals surface area contributed by atoms with Gasteiger partial charge < -0.3 is 9.64 Å². The third-order valence-corrected chi connectivity index (χ3v) is 2.49. The molecule has 0 saturated heterocycles. The van der Waals surface area contributed by atoms with Gasteiger partial charge >= 0.3 is 0 Å². The molecule has 0 bridgehead atoms. The zero-order valence-electron chi connectivity index (χ0n) is 10.8. The quantitative estimate of drug-likeness (QED) is 0.609. The molecule has 18 heavy (non-hydrogen) atoms. The lowest BCUT2D eigenvalue weighted by atomic mass is 10.2. The lowest BCUT2D eigenvalue weighted by Crippen LogP contribution is -2.35. The predicted octanol–water partition coefficient (Wildman–Crippen LogP) is 2.36. The highest BCUT2D eigenvalue weighted by molar-refractivity contribution is 5.94. The summed E-state index contributed by atoms with van der Waals surface area (Å²) in [6, 6.07) is 4.07. The van der Waals surface area contributed by atoms with Gasteiger partial charge in [-0.15, -0.1) is 0 Å². The standard InChI is InChI=1S/C12H16N2O4/c1-8(2)13(9(3)15)11-7-10(14(16)17)5-6-12(11)18-4/h5-8H,1-4H3. The highest BCUT2D eigenvalue weighted by atomic mass is 16.6. The van der Waals surface area contributed by atoms with Crippen LogP contribution in [-0.4, -0.2) is 24.0 Å². The number of benzene rings is 1. The van der Waals surface area contributed by atoms with Crippen LogP contribution in [0.15, 0.2) is 18.2 Å². The van der Waals surface area contributed by atoms with Crippen LogP contribution in [0.2, 0.25) is 0 Å². The minimum absolute atomic E-state index is 0.0716.